The van der Waals surface area contributed by atoms with Gasteiger partial charge in [0.15, 0.2) is 0 Å². The number of carbonyl (C=O) groups is 1. The van der Waals surface area contributed by atoms with E-state index in [0.717, 1.165) is 24.6 Å². The summed E-state index contributed by atoms with van der Waals surface area (Å²) >= 11 is 1.27. The summed E-state index contributed by atoms with van der Waals surface area (Å²) < 4.78 is 5.01. The minimum Gasteiger partial charge on any atom is -0.477 e. The van der Waals surface area contributed by atoms with Gasteiger partial charge in [-0.3, -0.25) is 4.90 Å². The van der Waals surface area contributed by atoms with E-state index < -0.39 is 5.97 Å². The first-order valence-corrected chi connectivity index (χ1v) is 7.35. The molecule has 2 heterocycles. The van der Waals surface area contributed by atoms with Gasteiger partial charge in [0.25, 0.3) is 0 Å². The summed E-state index contributed by atoms with van der Waals surface area (Å²) in [6.45, 7) is 5.41. The first kappa shape index (κ1) is 14.4. The van der Waals surface area contributed by atoms with Crippen molar-refractivity contribution in [2.24, 2.45) is 5.92 Å². The zero-order valence-electron chi connectivity index (χ0n) is 11.4. The summed E-state index contributed by atoms with van der Waals surface area (Å²) in [6.07, 6.45) is 2.49. The van der Waals surface area contributed by atoms with Crippen LogP contribution < -0.4 is 0 Å². The molecular weight excluding hydrogens is 264 g/mol. The number of likely N-dealkylation sites (tertiary alicyclic amines) is 1. The fourth-order valence-electron chi connectivity index (χ4n) is 2.49. The van der Waals surface area contributed by atoms with E-state index in [1.807, 2.05) is 0 Å². The molecule has 1 aromatic heterocycles. The summed E-state index contributed by atoms with van der Waals surface area (Å²) in [7, 11) is 1.55. The molecule has 0 spiro atoms. The lowest BCUT2D eigenvalue weighted by Gasteiger charge is -2.29. The number of ether oxygens (including phenoxy) is 1. The zero-order valence-corrected chi connectivity index (χ0v) is 12.2. The van der Waals surface area contributed by atoms with Crippen molar-refractivity contribution >= 4 is 17.3 Å². The molecule has 1 aliphatic rings. The molecule has 1 aliphatic heterocycles. The Balaban J connectivity index is 2.07. The highest BCUT2D eigenvalue weighted by Gasteiger charge is 2.21. The van der Waals surface area contributed by atoms with Crippen LogP contribution >= 0.6 is 11.3 Å². The molecule has 19 heavy (non-hydrogen) atoms. The van der Waals surface area contributed by atoms with E-state index in [1.54, 1.807) is 7.11 Å². The monoisotopic (exact) mass is 284 g/mol. The molecule has 0 bridgehead atoms. The Hall–Kier alpha value is -0.980. The fraction of sp³-hybridized carbons (Fsp3) is 0.692. The number of aromatic carboxylic acids is 1. The van der Waals surface area contributed by atoms with E-state index in [1.165, 1.54) is 24.2 Å². The summed E-state index contributed by atoms with van der Waals surface area (Å²) in [5.74, 6) is -0.200. The second kappa shape index (κ2) is 6.45. The van der Waals surface area contributed by atoms with Crippen molar-refractivity contribution in [1.82, 2.24) is 9.88 Å². The average molecular weight is 284 g/mol. The maximum Gasteiger partial charge on any atom is 0.347 e. The Kier molecular flexibility index (Phi) is 4.90. The molecule has 1 fully saturated rings. The first-order valence-electron chi connectivity index (χ1n) is 6.53. The normalized spacial score (nSPS) is 20.6. The largest absolute Gasteiger partial charge is 0.477 e. The highest BCUT2D eigenvalue weighted by Crippen LogP contribution is 2.23. The zero-order chi connectivity index (χ0) is 13.8. The highest BCUT2D eigenvalue weighted by atomic mass is 32.1. The minimum atomic E-state index is -0.914. The molecule has 1 aromatic rings. The van der Waals surface area contributed by atoms with Crippen molar-refractivity contribution in [2.45, 2.75) is 32.9 Å². The lowest BCUT2D eigenvalue weighted by Crippen LogP contribution is -2.33. The van der Waals surface area contributed by atoms with Gasteiger partial charge in [0.05, 0.1) is 18.8 Å². The molecule has 2 rings (SSSR count). The van der Waals surface area contributed by atoms with E-state index in [0.29, 0.717) is 16.5 Å². The number of piperidine rings is 1. The fourth-order valence-corrected chi connectivity index (χ4v) is 3.44. The number of hydrogen-bond donors (Lipinski definition) is 1. The van der Waals surface area contributed by atoms with E-state index in [-0.39, 0.29) is 6.61 Å². The molecule has 0 amide bonds. The Labute approximate surface area is 117 Å². The van der Waals surface area contributed by atoms with Crippen molar-refractivity contribution in [1.29, 1.82) is 0 Å². The number of rotatable bonds is 5. The Morgan fingerprint density at radius 2 is 2.42 bits per heavy atom. The van der Waals surface area contributed by atoms with Gasteiger partial charge in [0.1, 0.15) is 9.88 Å². The van der Waals surface area contributed by atoms with Crippen molar-refractivity contribution < 1.29 is 14.6 Å². The number of hydrogen-bond acceptors (Lipinski definition) is 5. The molecule has 0 saturated carbocycles. The van der Waals surface area contributed by atoms with E-state index >= 15 is 0 Å². The number of nitrogens with zero attached hydrogens (tertiary/aromatic N) is 2. The van der Waals surface area contributed by atoms with Gasteiger partial charge >= 0.3 is 5.97 Å². The van der Waals surface area contributed by atoms with Gasteiger partial charge in [-0.25, -0.2) is 9.78 Å². The van der Waals surface area contributed by atoms with Crippen LogP contribution in [-0.2, 0) is 17.9 Å². The minimum absolute atomic E-state index is 0.258. The number of aromatic nitrogens is 1. The van der Waals surface area contributed by atoms with Crippen LogP contribution in [0.2, 0.25) is 0 Å². The van der Waals surface area contributed by atoms with Crippen LogP contribution in [0.3, 0.4) is 0 Å². The highest BCUT2D eigenvalue weighted by molar-refractivity contribution is 7.13. The molecule has 1 atom stereocenters. The van der Waals surface area contributed by atoms with Gasteiger partial charge in [-0.05, 0) is 25.3 Å². The third-order valence-corrected chi connectivity index (χ3v) is 4.39. The molecule has 6 heteroatoms. The molecule has 1 unspecified atom stereocenters. The summed E-state index contributed by atoms with van der Waals surface area (Å²) in [4.78, 5) is 18.2. The third-order valence-electron chi connectivity index (χ3n) is 3.32. The third kappa shape index (κ3) is 3.75. The summed E-state index contributed by atoms with van der Waals surface area (Å²) in [6, 6.07) is 0. The van der Waals surface area contributed by atoms with Crippen molar-refractivity contribution in [3.63, 3.8) is 0 Å². The van der Waals surface area contributed by atoms with Crippen LogP contribution in [-0.4, -0.2) is 41.2 Å². The molecule has 1 saturated heterocycles. The topological polar surface area (TPSA) is 62.7 Å². The van der Waals surface area contributed by atoms with Crippen LogP contribution in [0.4, 0.5) is 0 Å². The molecule has 0 aromatic carbocycles. The van der Waals surface area contributed by atoms with Crippen molar-refractivity contribution in [2.75, 3.05) is 20.2 Å². The van der Waals surface area contributed by atoms with E-state index in [4.69, 9.17) is 9.84 Å². The molecule has 1 N–H and O–H groups in total. The summed E-state index contributed by atoms with van der Waals surface area (Å²) in [5, 5.41) is 10.0. The van der Waals surface area contributed by atoms with Crippen LogP contribution in [0.25, 0.3) is 0 Å². The Morgan fingerprint density at radius 3 is 3.05 bits per heavy atom. The second-order valence-electron chi connectivity index (χ2n) is 5.10. The van der Waals surface area contributed by atoms with Crippen LogP contribution in [0.5, 0.6) is 0 Å². The predicted molar refractivity (Wildman–Crippen MR) is 73.5 cm³/mol. The first-order chi connectivity index (χ1) is 9.10. The lowest BCUT2D eigenvalue weighted by atomic mass is 10.0. The molecule has 5 nitrogen and oxygen atoms in total. The van der Waals surface area contributed by atoms with Gasteiger partial charge in [0, 0.05) is 13.7 Å². The predicted octanol–water partition coefficient (Wildman–Crippen LogP) is 2.22. The average Bonchev–Trinajstić information content (AvgIpc) is 2.73. The van der Waals surface area contributed by atoms with Gasteiger partial charge in [0.2, 0.25) is 0 Å². The number of methoxy groups -OCH3 is 1. The standard InChI is InChI=1S/C13H20N2O3S/c1-9-4-3-5-15(6-9)7-11-14-10(8-18-2)12(19-11)13(16)17/h9H,3-8H2,1-2H3,(H,16,17). The second-order valence-corrected chi connectivity index (χ2v) is 6.19. The maximum atomic E-state index is 11.2. The van der Waals surface area contributed by atoms with Crippen LogP contribution in [0.15, 0.2) is 0 Å². The Bertz CT molecular complexity index is 447. The number of carboxylic acids is 1. The lowest BCUT2D eigenvalue weighted by molar-refractivity contribution is 0.0697. The smallest absolute Gasteiger partial charge is 0.347 e. The quantitative estimate of drug-likeness (QED) is 0.898. The van der Waals surface area contributed by atoms with Crippen molar-refractivity contribution in [3.8, 4) is 0 Å². The SMILES string of the molecule is COCc1nc(CN2CCCC(C)C2)sc1C(=O)O. The number of thiazole rings is 1. The van der Waals surface area contributed by atoms with Crippen LogP contribution in [0.1, 0.15) is 40.1 Å². The van der Waals surface area contributed by atoms with Gasteiger partial charge < -0.3 is 9.84 Å². The van der Waals surface area contributed by atoms with Gasteiger partial charge in [-0.2, -0.15) is 0 Å². The summed E-state index contributed by atoms with van der Waals surface area (Å²) in [5.41, 5.74) is 0.542. The van der Waals surface area contributed by atoms with Crippen molar-refractivity contribution in [3.05, 3.63) is 15.6 Å². The Morgan fingerprint density at radius 1 is 1.63 bits per heavy atom. The van der Waals surface area contributed by atoms with Gasteiger partial charge in [-0.1, -0.05) is 6.92 Å². The number of carboxylic acid groups (broad SMARTS) is 1. The molecule has 0 aliphatic carbocycles. The van der Waals surface area contributed by atoms with Gasteiger partial charge in [-0.15, -0.1) is 11.3 Å². The van der Waals surface area contributed by atoms with E-state index in [2.05, 4.69) is 16.8 Å². The molecule has 0 radical (unpaired) electrons. The maximum absolute atomic E-state index is 11.2. The van der Waals surface area contributed by atoms with E-state index in [9.17, 15) is 4.79 Å². The molecular formula is C13H20N2O3S. The molecule has 106 valence electrons. The van der Waals surface area contributed by atoms with Crippen LogP contribution in [0, 0.1) is 5.92 Å².